The standard InChI is InChI=1S/C29H22BrNO/c30-21-11-15-27-20(17-21)9-13-22-12-8-19-16-18(10-14-26(19)31(22)27)23-5-3-6-25-24-4-1-2-7-28(24)32-29(23)25/h1-7,10-11,14-17,22H,8-9,12-13H2. The van der Waals surface area contributed by atoms with E-state index in [0.717, 1.165) is 24.0 Å². The molecule has 0 fully saturated rings. The van der Waals surface area contributed by atoms with Gasteiger partial charge in [0.2, 0.25) is 0 Å². The highest BCUT2D eigenvalue weighted by Gasteiger charge is 2.32. The summed E-state index contributed by atoms with van der Waals surface area (Å²) in [6, 6.07) is 29.1. The summed E-state index contributed by atoms with van der Waals surface area (Å²) < 4.78 is 7.48. The van der Waals surface area contributed by atoms with Crippen molar-refractivity contribution in [2.45, 2.75) is 31.7 Å². The van der Waals surface area contributed by atoms with Crippen LogP contribution in [0.2, 0.25) is 0 Å². The fraction of sp³-hybridized carbons (Fsp3) is 0.172. The molecular weight excluding hydrogens is 458 g/mol. The molecule has 0 bridgehead atoms. The molecule has 1 aromatic heterocycles. The molecule has 0 radical (unpaired) electrons. The van der Waals surface area contributed by atoms with Gasteiger partial charge in [0.05, 0.1) is 0 Å². The maximum atomic E-state index is 6.31. The summed E-state index contributed by atoms with van der Waals surface area (Å²) in [7, 11) is 0. The normalized spacial score (nSPS) is 17.3. The van der Waals surface area contributed by atoms with E-state index in [-0.39, 0.29) is 0 Å². The molecule has 3 heterocycles. The predicted molar refractivity (Wildman–Crippen MR) is 136 cm³/mol. The number of benzene rings is 4. The van der Waals surface area contributed by atoms with Crippen LogP contribution in [0, 0.1) is 0 Å². The van der Waals surface area contributed by atoms with Crippen molar-refractivity contribution in [1.29, 1.82) is 0 Å². The minimum absolute atomic E-state index is 0.598. The second kappa shape index (κ2) is 6.98. The van der Waals surface area contributed by atoms with Crippen LogP contribution in [0.4, 0.5) is 11.4 Å². The first-order valence-corrected chi connectivity index (χ1v) is 12.2. The number of fused-ring (bicyclic) bond motifs is 8. The van der Waals surface area contributed by atoms with E-state index in [4.69, 9.17) is 4.42 Å². The van der Waals surface area contributed by atoms with E-state index >= 15 is 0 Å². The highest BCUT2D eigenvalue weighted by Crippen LogP contribution is 2.45. The summed E-state index contributed by atoms with van der Waals surface area (Å²) in [5, 5.41) is 2.37. The highest BCUT2D eigenvalue weighted by atomic mass is 79.9. The Kier molecular flexibility index (Phi) is 4.04. The number of hydrogen-bond donors (Lipinski definition) is 0. The van der Waals surface area contributed by atoms with E-state index in [1.807, 2.05) is 6.07 Å². The van der Waals surface area contributed by atoms with Crippen molar-refractivity contribution in [2.75, 3.05) is 4.90 Å². The zero-order valence-corrected chi connectivity index (χ0v) is 19.2. The highest BCUT2D eigenvalue weighted by molar-refractivity contribution is 9.10. The lowest BCUT2D eigenvalue weighted by Crippen LogP contribution is -2.39. The molecule has 0 saturated carbocycles. The van der Waals surface area contributed by atoms with Crippen LogP contribution in [0.15, 0.2) is 87.8 Å². The fourth-order valence-electron chi connectivity index (χ4n) is 5.72. The van der Waals surface area contributed by atoms with Crippen molar-refractivity contribution in [2.24, 2.45) is 0 Å². The minimum Gasteiger partial charge on any atom is -0.455 e. The predicted octanol–water partition coefficient (Wildman–Crippen LogP) is 8.41. The van der Waals surface area contributed by atoms with Gasteiger partial charge in [0, 0.05) is 38.2 Å². The van der Waals surface area contributed by atoms with Gasteiger partial charge in [0.25, 0.3) is 0 Å². The number of rotatable bonds is 1. The SMILES string of the molecule is Brc1ccc2c(c1)CCC1CCc3cc(-c4cccc5c4oc4ccccc45)ccc3N21. The third-order valence-electron chi connectivity index (χ3n) is 7.21. The van der Waals surface area contributed by atoms with Crippen molar-refractivity contribution < 1.29 is 4.42 Å². The Morgan fingerprint density at radius 2 is 1.50 bits per heavy atom. The second-order valence-corrected chi connectivity index (χ2v) is 9.91. The van der Waals surface area contributed by atoms with Crippen LogP contribution in [0.3, 0.4) is 0 Å². The van der Waals surface area contributed by atoms with Crippen molar-refractivity contribution in [3.8, 4) is 11.1 Å². The maximum absolute atomic E-state index is 6.31. The van der Waals surface area contributed by atoms with Gasteiger partial charge in [-0.1, -0.05) is 58.4 Å². The Labute approximate surface area is 195 Å². The smallest absolute Gasteiger partial charge is 0.143 e. The Hall–Kier alpha value is -3.04. The number of aryl methyl sites for hydroxylation is 2. The van der Waals surface area contributed by atoms with Crippen molar-refractivity contribution >= 4 is 49.2 Å². The summed E-state index contributed by atoms with van der Waals surface area (Å²) in [6.45, 7) is 0. The van der Waals surface area contributed by atoms with Gasteiger partial charge in [-0.05, 0) is 78.8 Å². The molecule has 2 nitrogen and oxygen atoms in total. The monoisotopic (exact) mass is 479 g/mol. The van der Waals surface area contributed by atoms with E-state index in [1.165, 1.54) is 61.7 Å². The van der Waals surface area contributed by atoms with E-state index < -0.39 is 0 Å². The molecule has 3 heteroatoms. The van der Waals surface area contributed by atoms with E-state index in [1.54, 1.807) is 0 Å². The molecule has 0 saturated heterocycles. The fourth-order valence-corrected chi connectivity index (χ4v) is 6.13. The molecule has 32 heavy (non-hydrogen) atoms. The molecule has 2 aliphatic heterocycles. The third kappa shape index (κ3) is 2.70. The molecule has 5 aromatic rings. The van der Waals surface area contributed by atoms with E-state index in [9.17, 15) is 0 Å². The van der Waals surface area contributed by atoms with Crippen molar-refractivity contribution in [3.05, 3.63) is 94.5 Å². The van der Waals surface area contributed by atoms with Gasteiger partial charge in [0.1, 0.15) is 11.2 Å². The Bertz CT molecular complexity index is 1510. The number of para-hydroxylation sites is 2. The number of furan rings is 1. The summed E-state index contributed by atoms with van der Waals surface area (Å²) in [4.78, 5) is 2.59. The van der Waals surface area contributed by atoms with Crippen LogP contribution >= 0.6 is 15.9 Å². The summed E-state index contributed by atoms with van der Waals surface area (Å²) in [6.07, 6.45) is 4.73. The Morgan fingerprint density at radius 1 is 0.750 bits per heavy atom. The van der Waals surface area contributed by atoms with Crippen LogP contribution in [0.1, 0.15) is 24.0 Å². The van der Waals surface area contributed by atoms with Crippen LogP contribution in [0.5, 0.6) is 0 Å². The molecule has 156 valence electrons. The third-order valence-corrected chi connectivity index (χ3v) is 7.71. The molecular formula is C29H22BrNO. The van der Waals surface area contributed by atoms with Crippen LogP contribution in [-0.2, 0) is 12.8 Å². The van der Waals surface area contributed by atoms with Gasteiger partial charge in [-0.25, -0.2) is 0 Å². The molecule has 0 spiro atoms. The van der Waals surface area contributed by atoms with E-state index in [0.29, 0.717) is 6.04 Å². The molecule has 1 unspecified atom stereocenters. The largest absolute Gasteiger partial charge is 0.455 e. The second-order valence-electron chi connectivity index (χ2n) is 9.00. The summed E-state index contributed by atoms with van der Waals surface area (Å²) >= 11 is 3.65. The molecule has 2 aliphatic rings. The molecule has 7 rings (SSSR count). The van der Waals surface area contributed by atoms with Gasteiger partial charge >= 0.3 is 0 Å². The molecule has 1 atom stereocenters. The maximum Gasteiger partial charge on any atom is 0.143 e. The van der Waals surface area contributed by atoms with Gasteiger partial charge in [0.15, 0.2) is 0 Å². The van der Waals surface area contributed by atoms with Crippen LogP contribution in [-0.4, -0.2) is 6.04 Å². The summed E-state index contributed by atoms with van der Waals surface area (Å²) in [5.74, 6) is 0. The topological polar surface area (TPSA) is 16.4 Å². The number of hydrogen-bond acceptors (Lipinski definition) is 2. The van der Waals surface area contributed by atoms with Crippen LogP contribution in [0.25, 0.3) is 33.1 Å². The average molecular weight is 480 g/mol. The van der Waals surface area contributed by atoms with Gasteiger partial charge in [-0.15, -0.1) is 0 Å². The molecule has 4 aromatic carbocycles. The first-order chi connectivity index (χ1) is 15.8. The number of halogens is 1. The van der Waals surface area contributed by atoms with E-state index in [2.05, 4.69) is 93.6 Å². The lowest BCUT2D eigenvalue weighted by atomic mass is 9.86. The minimum atomic E-state index is 0.598. The van der Waals surface area contributed by atoms with Gasteiger partial charge < -0.3 is 9.32 Å². The molecule has 0 aliphatic carbocycles. The Balaban J connectivity index is 1.38. The van der Waals surface area contributed by atoms with Crippen molar-refractivity contribution in [1.82, 2.24) is 0 Å². The van der Waals surface area contributed by atoms with Crippen LogP contribution < -0.4 is 4.90 Å². The zero-order valence-electron chi connectivity index (χ0n) is 17.6. The number of anilines is 2. The Morgan fingerprint density at radius 3 is 2.38 bits per heavy atom. The zero-order chi connectivity index (χ0) is 21.2. The lowest BCUT2D eigenvalue weighted by molar-refractivity contribution is 0.518. The first-order valence-electron chi connectivity index (χ1n) is 11.4. The average Bonchev–Trinajstić information content (AvgIpc) is 3.22. The van der Waals surface area contributed by atoms with Gasteiger partial charge in [-0.2, -0.15) is 0 Å². The molecule has 0 N–H and O–H groups in total. The summed E-state index contributed by atoms with van der Waals surface area (Å²) in [5.41, 5.74) is 9.96. The number of nitrogens with zero attached hydrogens (tertiary/aromatic N) is 1. The molecule has 0 amide bonds. The quantitative estimate of drug-likeness (QED) is 0.240. The van der Waals surface area contributed by atoms with Crippen molar-refractivity contribution in [3.63, 3.8) is 0 Å². The lowest BCUT2D eigenvalue weighted by Gasteiger charge is -2.43. The van der Waals surface area contributed by atoms with Gasteiger partial charge in [-0.3, -0.25) is 0 Å². The first kappa shape index (κ1) is 18.5.